The van der Waals surface area contributed by atoms with Gasteiger partial charge in [0.25, 0.3) is 5.91 Å². The fraction of sp³-hybridized carbons (Fsp3) is 0.429. The molecule has 110 valence electrons. The topological polar surface area (TPSA) is 81.4 Å². The average molecular weight is 282 g/mol. The van der Waals surface area contributed by atoms with Gasteiger partial charge in [-0.3, -0.25) is 4.79 Å². The molecule has 0 fully saturated rings. The van der Waals surface area contributed by atoms with Crippen LogP contribution in [-0.4, -0.2) is 23.5 Å². The molecule has 1 atom stereocenters. The van der Waals surface area contributed by atoms with Crippen LogP contribution in [0.15, 0.2) is 18.2 Å². The Morgan fingerprint density at radius 1 is 1.35 bits per heavy atom. The molecule has 0 saturated heterocycles. The van der Waals surface area contributed by atoms with Crippen molar-refractivity contribution in [2.24, 2.45) is 0 Å². The maximum absolute atomic E-state index is 13.2. The maximum atomic E-state index is 13.2. The van der Waals surface area contributed by atoms with Crippen molar-refractivity contribution in [3.05, 3.63) is 29.6 Å². The minimum atomic E-state index is -0.970. The molecule has 1 unspecified atom stereocenters. The lowest BCUT2D eigenvalue weighted by Crippen LogP contribution is -2.46. The third-order valence-corrected chi connectivity index (χ3v) is 2.39. The Labute approximate surface area is 117 Å². The SMILES string of the molecule is CC(OC(=O)c1ccc(N)c(F)c1)C(=O)NC(C)(C)C. The van der Waals surface area contributed by atoms with Gasteiger partial charge < -0.3 is 15.8 Å². The van der Waals surface area contributed by atoms with Gasteiger partial charge in [-0.05, 0) is 45.9 Å². The van der Waals surface area contributed by atoms with E-state index >= 15 is 0 Å². The van der Waals surface area contributed by atoms with Gasteiger partial charge in [0.05, 0.1) is 11.3 Å². The third-order valence-electron chi connectivity index (χ3n) is 2.39. The number of nitrogens with two attached hydrogens (primary N) is 1. The van der Waals surface area contributed by atoms with Crippen molar-refractivity contribution in [3.63, 3.8) is 0 Å². The van der Waals surface area contributed by atoms with Crippen LogP contribution in [0.4, 0.5) is 10.1 Å². The predicted molar refractivity (Wildman–Crippen MR) is 73.6 cm³/mol. The highest BCUT2D eigenvalue weighted by atomic mass is 19.1. The number of halogens is 1. The number of carbonyl (C=O) groups excluding carboxylic acids is 2. The van der Waals surface area contributed by atoms with E-state index in [0.717, 1.165) is 6.07 Å². The summed E-state index contributed by atoms with van der Waals surface area (Å²) < 4.78 is 18.2. The molecule has 1 amide bonds. The van der Waals surface area contributed by atoms with E-state index in [4.69, 9.17) is 10.5 Å². The standard InChI is InChI=1S/C14H19FN2O3/c1-8(12(18)17-14(2,3)4)20-13(19)9-5-6-11(16)10(15)7-9/h5-8H,16H2,1-4H3,(H,17,18). The van der Waals surface area contributed by atoms with E-state index in [1.807, 2.05) is 20.8 Å². The molecule has 20 heavy (non-hydrogen) atoms. The van der Waals surface area contributed by atoms with Gasteiger partial charge in [0.2, 0.25) is 0 Å². The molecule has 0 saturated carbocycles. The number of amides is 1. The second kappa shape index (κ2) is 5.90. The zero-order valence-corrected chi connectivity index (χ0v) is 12.0. The molecule has 0 spiro atoms. The zero-order valence-electron chi connectivity index (χ0n) is 12.0. The molecule has 0 aliphatic carbocycles. The van der Waals surface area contributed by atoms with Gasteiger partial charge in [0.1, 0.15) is 5.82 Å². The van der Waals surface area contributed by atoms with Crippen LogP contribution in [0, 0.1) is 5.82 Å². The Bertz CT molecular complexity index is 524. The maximum Gasteiger partial charge on any atom is 0.339 e. The molecular formula is C14H19FN2O3. The largest absolute Gasteiger partial charge is 0.449 e. The van der Waals surface area contributed by atoms with E-state index in [1.165, 1.54) is 19.1 Å². The summed E-state index contributed by atoms with van der Waals surface area (Å²) in [5, 5.41) is 2.69. The van der Waals surface area contributed by atoms with Crippen molar-refractivity contribution in [2.45, 2.75) is 39.3 Å². The summed E-state index contributed by atoms with van der Waals surface area (Å²) in [6, 6.07) is 3.59. The number of anilines is 1. The number of rotatable bonds is 3. The van der Waals surface area contributed by atoms with Gasteiger partial charge in [-0.15, -0.1) is 0 Å². The quantitative estimate of drug-likeness (QED) is 0.655. The van der Waals surface area contributed by atoms with E-state index in [9.17, 15) is 14.0 Å². The lowest BCUT2D eigenvalue weighted by molar-refractivity contribution is -0.130. The van der Waals surface area contributed by atoms with E-state index in [1.54, 1.807) is 0 Å². The van der Waals surface area contributed by atoms with E-state index in [-0.39, 0.29) is 11.3 Å². The first-order valence-electron chi connectivity index (χ1n) is 6.18. The number of nitrogens with one attached hydrogen (secondary N) is 1. The van der Waals surface area contributed by atoms with Crippen LogP contribution in [0.5, 0.6) is 0 Å². The number of esters is 1. The minimum absolute atomic E-state index is 0.00658. The molecule has 0 radical (unpaired) electrons. The van der Waals surface area contributed by atoms with Crippen molar-refractivity contribution < 1.29 is 18.7 Å². The number of hydrogen-bond acceptors (Lipinski definition) is 4. The summed E-state index contributed by atoms with van der Waals surface area (Å²) in [7, 11) is 0. The van der Waals surface area contributed by atoms with Crippen molar-refractivity contribution >= 4 is 17.6 Å². The van der Waals surface area contributed by atoms with Gasteiger partial charge in [-0.1, -0.05) is 0 Å². The second-order valence-corrected chi connectivity index (χ2v) is 5.52. The lowest BCUT2D eigenvalue weighted by atomic mass is 10.1. The highest BCUT2D eigenvalue weighted by Gasteiger charge is 2.23. The Hall–Kier alpha value is -2.11. The molecule has 0 aliphatic rings. The number of hydrogen-bond donors (Lipinski definition) is 2. The highest BCUT2D eigenvalue weighted by molar-refractivity contribution is 5.92. The Balaban J connectivity index is 2.70. The first-order valence-corrected chi connectivity index (χ1v) is 6.18. The summed E-state index contributed by atoms with van der Waals surface area (Å²) in [5.74, 6) is -1.89. The van der Waals surface area contributed by atoms with Gasteiger partial charge in [0.15, 0.2) is 6.10 Å². The molecule has 0 aliphatic heterocycles. The first-order chi connectivity index (χ1) is 9.10. The first kappa shape index (κ1) is 15.9. The monoisotopic (exact) mass is 282 g/mol. The van der Waals surface area contributed by atoms with Crippen LogP contribution in [-0.2, 0) is 9.53 Å². The van der Waals surface area contributed by atoms with Gasteiger partial charge >= 0.3 is 5.97 Å². The highest BCUT2D eigenvalue weighted by Crippen LogP contribution is 2.13. The summed E-state index contributed by atoms with van der Waals surface area (Å²) in [5.41, 5.74) is 4.84. The number of benzene rings is 1. The number of nitrogen functional groups attached to an aromatic ring is 1. The van der Waals surface area contributed by atoms with E-state index in [0.29, 0.717) is 0 Å². The molecule has 5 nitrogen and oxygen atoms in total. The van der Waals surface area contributed by atoms with Gasteiger partial charge in [0, 0.05) is 5.54 Å². The van der Waals surface area contributed by atoms with E-state index < -0.39 is 29.3 Å². The summed E-state index contributed by atoms with van der Waals surface area (Å²) in [6.45, 7) is 6.89. The smallest absolute Gasteiger partial charge is 0.339 e. The molecule has 0 heterocycles. The molecule has 0 bridgehead atoms. The average Bonchev–Trinajstić information content (AvgIpc) is 2.30. The molecule has 6 heteroatoms. The molecule has 3 N–H and O–H groups in total. The Kier molecular flexibility index (Phi) is 4.70. The van der Waals surface area contributed by atoms with Crippen LogP contribution in [0.1, 0.15) is 38.1 Å². The van der Waals surface area contributed by atoms with Crippen molar-refractivity contribution in [3.8, 4) is 0 Å². The summed E-state index contributed by atoms with van der Waals surface area (Å²) in [6.07, 6.45) is -0.970. The number of carbonyl (C=O) groups is 2. The molecule has 0 aromatic heterocycles. The van der Waals surface area contributed by atoms with Crippen LogP contribution < -0.4 is 11.1 Å². The van der Waals surface area contributed by atoms with Crippen molar-refractivity contribution in [1.82, 2.24) is 5.32 Å². The second-order valence-electron chi connectivity index (χ2n) is 5.52. The molecular weight excluding hydrogens is 263 g/mol. The summed E-state index contributed by atoms with van der Waals surface area (Å²) in [4.78, 5) is 23.5. The third kappa shape index (κ3) is 4.53. The van der Waals surface area contributed by atoms with E-state index in [2.05, 4.69) is 5.32 Å². The zero-order chi connectivity index (χ0) is 15.5. The van der Waals surface area contributed by atoms with Crippen LogP contribution in [0.2, 0.25) is 0 Å². The van der Waals surface area contributed by atoms with Crippen molar-refractivity contribution in [1.29, 1.82) is 0 Å². The van der Waals surface area contributed by atoms with Crippen LogP contribution in [0.3, 0.4) is 0 Å². The molecule has 1 aromatic rings. The van der Waals surface area contributed by atoms with Crippen LogP contribution >= 0.6 is 0 Å². The Morgan fingerprint density at radius 2 is 1.95 bits per heavy atom. The number of ether oxygens (including phenoxy) is 1. The predicted octanol–water partition coefficient (Wildman–Crippen LogP) is 1.87. The molecule has 1 rings (SSSR count). The lowest BCUT2D eigenvalue weighted by Gasteiger charge is -2.23. The normalized spacial score (nSPS) is 12.7. The van der Waals surface area contributed by atoms with Crippen molar-refractivity contribution in [2.75, 3.05) is 5.73 Å². The fourth-order valence-electron chi connectivity index (χ4n) is 1.41. The van der Waals surface area contributed by atoms with Gasteiger partial charge in [-0.25, -0.2) is 9.18 Å². The fourth-order valence-corrected chi connectivity index (χ4v) is 1.41. The minimum Gasteiger partial charge on any atom is -0.449 e. The Morgan fingerprint density at radius 3 is 2.45 bits per heavy atom. The van der Waals surface area contributed by atoms with Gasteiger partial charge in [-0.2, -0.15) is 0 Å². The molecule has 1 aromatic carbocycles. The summed E-state index contributed by atoms with van der Waals surface area (Å²) >= 11 is 0. The van der Waals surface area contributed by atoms with Crippen LogP contribution in [0.25, 0.3) is 0 Å².